The van der Waals surface area contributed by atoms with Crippen molar-refractivity contribution in [2.24, 2.45) is 5.73 Å². The molecule has 0 fully saturated rings. The second-order valence-electron chi connectivity index (χ2n) is 4.08. The molecule has 0 aliphatic carbocycles. The molecule has 1 atom stereocenters. The van der Waals surface area contributed by atoms with Gasteiger partial charge in [-0.15, -0.1) is 0 Å². The summed E-state index contributed by atoms with van der Waals surface area (Å²) in [7, 11) is 0. The van der Waals surface area contributed by atoms with Gasteiger partial charge in [0, 0.05) is 11.8 Å². The van der Waals surface area contributed by atoms with Gasteiger partial charge in [0.25, 0.3) is 0 Å². The number of hydrogen-bond donors (Lipinski definition) is 2. The highest BCUT2D eigenvalue weighted by atomic mass is 79.9. The van der Waals surface area contributed by atoms with Crippen molar-refractivity contribution in [2.75, 3.05) is 5.73 Å². The molecule has 94 valence electrons. The Kier molecular flexibility index (Phi) is 3.63. The van der Waals surface area contributed by atoms with Crippen LogP contribution in [0.15, 0.2) is 34.9 Å². The highest BCUT2D eigenvalue weighted by Crippen LogP contribution is 2.28. The third-order valence-electron chi connectivity index (χ3n) is 2.85. The van der Waals surface area contributed by atoms with Crippen molar-refractivity contribution in [2.45, 2.75) is 13.0 Å². The minimum Gasteiger partial charge on any atom is -0.383 e. The zero-order chi connectivity index (χ0) is 13.3. The van der Waals surface area contributed by atoms with Gasteiger partial charge in [-0.05, 0) is 52.2 Å². The Morgan fingerprint density at radius 3 is 2.67 bits per heavy atom. The smallest absolute Gasteiger partial charge is 0.137 e. The molecule has 1 unspecified atom stereocenters. The first-order valence-corrected chi connectivity index (χ1v) is 6.21. The van der Waals surface area contributed by atoms with E-state index in [0.29, 0.717) is 10.3 Å². The molecule has 2 aromatic rings. The van der Waals surface area contributed by atoms with Crippen LogP contribution in [0.5, 0.6) is 0 Å². The first-order chi connectivity index (χ1) is 8.50. The standard InChI is InChI=1S/C13H13BrFN3/c1-7-4-5-18-13(17)11(7)12(16)8-2-3-10(15)9(14)6-8/h2-6,12H,16H2,1H3,(H2,17,18). The molecule has 1 aromatic heterocycles. The van der Waals surface area contributed by atoms with Crippen molar-refractivity contribution in [1.29, 1.82) is 0 Å². The molecule has 0 aliphatic heterocycles. The van der Waals surface area contributed by atoms with E-state index in [9.17, 15) is 4.39 Å². The van der Waals surface area contributed by atoms with Gasteiger partial charge in [-0.2, -0.15) is 0 Å². The van der Waals surface area contributed by atoms with E-state index in [1.54, 1.807) is 18.3 Å². The summed E-state index contributed by atoms with van der Waals surface area (Å²) in [6, 6.07) is 6.11. The summed E-state index contributed by atoms with van der Waals surface area (Å²) in [6.45, 7) is 1.92. The van der Waals surface area contributed by atoms with Gasteiger partial charge in [0.15, 0.2) is 0 Å². The molecule has 0 spiro atoms. The lowest BCUT2D eigenvalue weighted by Crippen LogP contribution is -2.16. The number of halogens is 2. The van der Waals surface area contributed by atoms with E-state index in [-0.39, 0.29) is 5.82 Å². The van der Waals surface area contributed by atoms with Crippen molar-refractivity contribution >= 4 is 21.7 Å². The molecule has 3 nitrogen and oxygen atoms in total. The summed E-state index contributed by atoms with van der Waals surface area (Å²) >= 11 is 3.15. The molecule has 0 aliphatic rings. The van der Waals surface area contributed by atoms with Gasteiger partial charge in [-0.25, -0.2) is 9.37 Å². The number of pyridine rings is 1. The van der Waals surface area contributed by atoms with E-state index in [1.807, 2.05) is 13.0 Å². The zero-order valence-electron chi connectivity index (χ0n) is 9.82. The summed E-state index contributed by atoms with van der Waals surface area (Å²) in [6.07, 6.45) is 1.64. The largest absolute Gasteiger partial charge is 0.383 e. The van der Waals surface area contributed by atoms with Gasteiger partial charge < -0.3 is 11.5 Å². The lowest BCUT2D eigenvalue weighted by molar-refractivity contribution is 0.619. The number of rotatable bonds is 2. The highest BCUT2D eigenvalue weighted by molar-refractivity contribution is 9.10. The molecule has 0 radical (unpaired) electrons. The van der Waals surface area contributed by atoms with Crippen molar-refractivity contribution in [3.8, 4) is 0 Å². The molecule has 0 saturated carbocycles. The number of nitrogens with zero attached hydrogens (tertiary/aromatic N) is 1. The third-order valence-corrected chi connectivity index (χ3v) is 3.46. The zero-order valence-corrected chi connectivity index (χ0v) is 11.4. The minimum absolute atomic E-state index is 0.318. The Morgan fingerprint density at radius 2 is 2.06 bits per heavy atom. The molecule has 0 bridgehead atoms. The fourth-order valence-electron chi connectivity index (χ4n) is 1.87. The quantitative estimate of drug-likeness (QED) is 0.896. The number of anilines is 1. The van der Waals surface area contributed by atoms with Crippen LogP contribution in [0.4, 0.5) is 10.2 Å². The van der Waals surface area contributed by atoms with E-state index >= 15 is 0 Å². The van der Waals surface area contributed by atoms with Gasteiger partial charge >= 0.3 is 0 Å². The Labute approximate surface area is 113 Å². The van der Waals surface area contributed by atoms with Crippen LogP contribution in [-0.4, -0.2) is 4.98 Å². The van der Waals surface area contributed by atoms with Crippen LogP contribution in [0.1, 0.15) is 22.7 Å². The number of hydrogen-bond acceptors (Lipinski definition) is 3. The van der Waals surface area contributed by atoms with Gasteiger partial charge in [-0.1, -0.05) is 6.07 Å². The van der Waals surface area contributed by atoms with Crippen LogP contribution in [-0.2, 0) is 0 Å². The van der Waals surface area contributed by atoms with E-state index in [0.717, 1.165) is 16.7 Å². The summed E-state index contributed by atoms with van der Waals surface area (Å²) in [5.74, 6) is 0.0878. The van der Waals surface area contributed by atoms with Crippen LogP contribution in [0.3, 0.4) is 0 Å². The Morgan fingerprint density at radius 1 is 1.33 bits per heavy atom. The van der Waals surface area contributed by atoms with Crippen LogP contribution in [0, 0.1) is 12.7 Å². The third kappa shape index (κ3) is 2.37. The van der Waals surface area contributed by atoms with Crippen molar-refractivity contribution in [3.63, 3.8) is 0 Å². The predicted molar refractivity (Wildman–Crippen MR) is 73.5 cm³/mol. The number of aryl methyl sites for hydroxylation is 1. The molecule has 1 aromatic carbocycles. The number of aromatic nitrogens is 1. The molecular formula is C13H13BrFN3. The van der Waals surface area contributed by atoms with Gasteiger partial charge in [0.05, 0.1) is 10.5 Å². The van der Waals surface area contributed by atoms with Crippen molar-refractivity contribution in [1.82, 2.24) is 4.98 Å². The normalized spacial score (nSPS) is 12.4. The average molecular weight is 310 g/mol. The molecule has 4 N–H and O–H groups in total. The number of nitrogens with two attached hydrogens (primary N) is 2. The van der Waals surface area contributed by atoms with Crippen LogP contribution in [0.2, 0.25) is 0 Å². The fraction of sp³-hybridized carbons (Fsp3) is 0.154. The topological polar surface area (TPSA) is 64.9 Å². The SMILES string of the molecule is Cc1ccnc(N)c1C(N)c1ccc(F)c(Br)c1. The Hall–Kier alpha value is -1.46. The number of benzene rings is 1. The van der Waals surface area contributed by atoms with E-state index in [2.05, 4.69) is 20.9 Å². The molecule has 5 heteroatoms. The summed E-state index contributed by atoms with van der Waals surface area (Å²) in [5.41, 5.74) is 14.5. The summed E-state index contributed by atoms with van der Waals surface area (Å²) in [4.78, 5) is 4.04. The van der Waals surface area contributed by atoms with Crippen LogP contribution < -0.4 is 11.5 Å². The van der Waals surface area contributed by atoms with E-state index in [1.165, 1.54) is 6.07 Å². The molecule has 18 heavy (non-hydrogen) atoms. The Bertz CT molecular complexity index is 566. The van der Waals surface area contributed by atoms with Gasteiger partial charge in [0.2, 0.25) is 0 Å². The fourth-order valence-corrected chi connectivity index (χ4v) is 2.26. The summed E-state index contributed by atoms with van der Waals surface area (Å²) in [5, 5.41) is 0. The molecule has 2 rings (SSSR count). The first kappa shape index (κ1) is 13.0. The van der Waals surface area contributed by atoms with Crippen molar-refractivity contribution in [3.05, 3.63) is 57.4 Å². The maximum atomic E-state index is 13.2. The van der Waals surface area contributed by atoms with Crippen LogP contribution >= 0.6 is 15.9 Å². The van der Waals surface area contributed by atoms with Crippen molar-refractivity contribution < 1.29 is 4.39 Å². The average Bonchev–Trinajstić information content (AvgIpc) is 2.32. The van der Waals surface area contributed by atoms with Crippen LogP contribution in [0.25, 0.3) is 0 Å². The first-order valence-electron chi connectivity index (χ1n) is 5.42. The second kappa shape index (κ2) is 5.04. The van der Waals surface area contributed by atoms with Gasteiger partial charge in [-0.3, -0.25) is 0 Å². The molecule has 1 heterocycles. The molecule has 0 saturated heterocycles. The second-order valence-corrected chi connectivity index (χ2v) is 4.93. The van der Waals surface area contributed by atoms with E-state index in [4.69, 9.17) is 11.5 Å². The van der Waals surface area contributed by atoms with E-state index < -0.39 is 6.04 Å². The molecular weight excluding hydrogens is 297 g/mol. The summed E-state index contributed by atoms with van der Waals surface area (Å²) < 4.78 is 13.6. The monoisotopic (exact) mass is 309 g/mol. The molecule has 0 amide bonds. The predicted octanol–water partition coefficient (Wildman–Crippen LogP) is 2.92. The number of nitrogen functional groups attached to an aromatic ring is 1. The maximum absolute atomic E-state index is 13.2. The minimum atomic E-state index is -0.421. The lowest BCUT2D eigenvalue weighted by Gasteiger charge is -2.17. The highest BCUT2D eigenvalue weighted by Gasteiger charge is 2.16. The lowest BCUT2D eigenvalue weighted by atomic mass is 9.96. The maximum Gasteiger partial charge on any atom is 0.137 e. The Balaban J connectivity index is 2.48. The van der Waals surface area contributed by atoms with Gasteiger partial charge in [0.1, 0.15) is 11.6 Å².